The molecule has 3 rings (SSSR count). The molecule has 1 aromatic heterocycles. The Morgan fingerprint density at radius 2 is 1.66 bits per heavy atom. The lowest BCUT2D eigenvalue weighted by Crippen LogP contribution is -2.17. The zero-order valence-electron chi connectivity index (χ0n) is 16.6. The van der Waals surface area contributed by atoms with Crippen molar-refractivity contribution in [2.75, 3.05) is 5.32 Å². The Balaban J connectivity index is 1.89. The summed E-state index contributed by atoms with van der Waals surface area (Å²) >= 11 is 0. The van der Waals surface area contributed by atoms with E-state index in [0.29, 0.717) is 12.7 Å². The van der Waals surface area contributed by atoms with E-state index in [1.807, 2.05) is 0 Å². The van der Waals surface area contributed by atoms with E-state index >= 15 is 0 Å². The Bertz CT molecular complexity index is 1240. The van der Waals surface area contributed by atoms with Crippen molar-refractivity contribution < 1.29 is 26.4 Å². The minimum Gasteiger partial charge on any atom is -0.326 e. The molecule has 0 aliphatic heterocycles. The number of halogens is 3. The first-order chi connectivity index (χ1) is 15.0. The summed E-state index contributed by atoms with van der Waals surface area (Å²) in [5.74, 6) is -0.417. The van der Waals surface area contributed by atoms with Crippen LogP contribution in [0.15, 0.2) is 65.8 Å². The summed E-state index contributed by atoms with van der Waals surface area (Å²) in [4.78, 5) is 15.5. The van der Waals surface area contributed by atoms with Crippen LogP contribution in [0.5, 0.6) is 0 Å². The average molecular weight is 464 g/mol. The minimum atomic E-state index is -4.65. The van der Waals surface area contributed by atoms with Gasteiger partial charge in [-0.1, -0.05) is 30.3 Å². The molecule has 0 saturated heterocycles. The smallest absolute Gasteiger partial charge is 0.326 e. The number of anilines is 1. The summed E-state index contributed by atoms with van der Waals surface area (Å²) in [6.07, 6.45) is -2.90. The van der Waals surface area contributed by atoms with Gasteiger partial charge in [0.2, 0.25) is 15.9 Å². The summed E-state index contributed by atoms with van der Waals surface area (Å²) in [5, 5.41) is 7.84. The number of alkyl halides is 3. The molecule has 0 aliphatic rings. The van der Waals surface area contributed by atoms with Crippen LogP contribution in [-0.2, 0) is 34.0 Å². The van der Waals surface area contributed by atoms with Gasteiger partial charge in [0.25, 0.3) is 0 Å². The molecule has 0 fully saturated rings. The van der Waals surface area contributed by atoms with E-state index in [1.54, 1.807) is 24.3 Å². The van der Waals surface area contributed by atoms with Crippen molar-refractivity contribution in [2.45, 2.75) is 24.0 Å². The third-order valence-electron chi connectivity index (χ3n) is 4.57. The average Bonchev–Trinajstić information content (AvgIpc) is 2.73. The molecule has 0 bridgehead atoms. The molecule has 32 heavy (non-hydrogen) atoms. The lowest BCUT2D eigenvalue weighted by molar-refractivity contribution is -0.137. The topological polar surface area (TPSA) is 128 Å². The van der Waals surface area contributed by atoms with E-state index in [4.69, 9.17) is 10.9 Å². The fourth-order valence-electron chi connectivity index (χ4n) is 3.00. The normalized spacial score (nSPS) is 11.9. The maximum absolute atomic E-state index is 13.0. The molecule has 0 atom stereocenters. The lowest BCUT2D eigenvalue weighted by Gasteiger charge is -2.13. The van der Waals surface area contributed by atoms with E-state index < -0.39 is 32.6 Å². The maximum atomic E-state index is 13.0. The molecular formula is C21H19F3N4O3S. The third-order valence-corrected chi connectivity index (χ3v) is 5.52. The highest BCUT2D eigenvalue weighted by Gasteiger charge is 2.31. The SMILES string of the molecule is NCc1ccc(CC(=O)Nc2ccc(-c3cncc(C(F)(F)F)c3)c(S(N)(=O)=O)c2)cc1. The van der Waals surface area contributed by atoms with Crippen molar-refractivity contribution in [1.82, 2.24) is 4.98 Å². The molecule has 1 heterocycles. The zero-order chi connectivity index (χ0) is 23.5. The second-order valence-electron chi connectivity index (χ2n) is 6.96. The van der Waals surface area contributed by atoms with Crippen molar-refractivity contribution in [1.29, 1.82) is 0 Å². The number of amides is 1. The standard InChI is InChI=1S/C21H19F3N4O3S/c22-21(23,24)16-8-15(11-27-12-16)18-6-5-17(9-19(18)32(26,30)31)28-20(29)7-13-1-3-14(10-25)4-2-13/h1-6,8-9,11-12H,7,10,25H2,(H,28,29)(H2,26,30,31). The van der Waals surface area contributed by atoms with Crippen LogP contribution < -0.4 is 16.2 Å². The minimum absolute atomic E-state index is 0.0227. The predicted octanol–water partition coefficient (Wildman–Crippen LogP) is 3.05. The molecular weight excluding hydrogens is 445 g/mol. The summed E-state index contributed by atoms with van der Waals surface area (Å²) in [6.45, 7) is 0.372. The van der Waals surface area contributed by atoms with Gasteiger partial charge in [-0.2, -0.15) is 13.2 Å². The van der Waals surface area contributed by atoms with Crippen molar-refractivity contribution in [3.8, 4) is 11.1 Å². The van der Waals surface area contributed by atoms with Crippen molar-refractivity contribution in [3.05, 3.63) is 77.6 Å². The summed E-state index contributed by atoms with van der Waals surface area (Å²) in [7, 11) is -4.33. The highest BCUT2D eigenvalue weighted by Crippen LogP contribution is 2.34. The van der Waals surface area contributed by atoms with Crippen LogP contribution in [0.2, 0.25) is 0 Å². The van der Waals surface area contributed by atoms with Gasteiger partial charge in [-0.25, -0.2) is 13.6 Å². The number of carbonyl (C=O) groups is 1. The largest absolute Gasteiger partial charge is 0.417 e. The van der Waals surface area contributed by atoms with E-state index in [9.17, 15) is 26.4 Å². The fourth-order valence-corrected chi connectivity index (χ4v) is 3.78. The number of nitrogens with two attached hydrogens (primary N) is 2. The van der Waals surface area contributed by atoms with Gasteiger partial charge >= 0.3 is 6.18 Å². The molecule has 11 heteroatoms. The highest BCUT2D eigenvalue weighted by molar-refractivity contribution is 7.89. The molecule has 168 valence electrons. The number of sulfonamides is 1. The number of rotatable bonds is 6. The molecule has 3 aromatic rings. The number of carbonyl (C=O) groups excluding carboxylic acids is 1. The van der Waals surface area contributed by atoms with Crippen LogP contribution in [0.1, 0.15) is 16.7 Å². The summed E-state index contributed by atoms with van der Waals surface area (Å²) < 4.78 is 63.3. The molecule has 0 spiro atoms. The van der Waals surface area contributed by atoms with Gasteiger partial charge in [0.1, 0.15) is 0 Å². The highest BCUT2D eigenvalue weighted by atomic mass is 32.2. The third kappa shape index (κ3) is 5.69. The Morgan fingerprint density at radius 3 is 2.25 bits per heavy atom. The second kappa shape index (κ2) is 9.07. The number of aromatic nitrogens is 1. The number of hydrogen-bond acceptors (Lipinski definition) is 5. The number of pyridine rings is 1. The van der Waals surface area contributed by atoms with Crippen molar-refractivity contribution >= 4 is 21.6 Å². The van der Waals surface area contributed by atoms with Crippen molar-refractivity contribution in [2.24, 2.45) is 10.9 Å². The molecule has 1 amide bonds. The van der Waals surface area contributed by atoms with E-state index in [2.05, 4.69) is 10.3 Å². The van der Waals surface area contributed by atoms with Gasteiger partial charge in [-0.3, -0.25) is 9.78 Å². The van der Waals surface area contributed by atoms with E-state index in [-0.39, 0.29) is 23.2 Å². The predicted molar refractivity (Wildman–Crippen MR) is 113 cm³/mol. The Morgan fingerprint density at radius 1 is 1.00 bits per heavy atom. The fraction of sp³-hybridized carbons (Fsp3) is 0.143. The lowest BCUT2D eigenvalue weighted by atomic mass is 10.0. The van der Waals surface area contributed by atoms with Crippen molar-refractivity contribution in [3.63, 3.8) is 0 Å². The number of hydrogen-bond donors (Lipinski definition) is 3. The maximum Gasteiger partial charge on any atom is 0.417 e. The van der Waals surface area contributed by atoms with E-state index in [0.717, 1.165) is 29.5 Å². The Kier molecular flexibility index (Phi) is 6.63. The Labute approximate surface area is 182 Å². The molecule has 0 unspecified atom stereocenters. The summed E-state index contributed by atoms with van der Waals surface area (Å²) in [6, 6.07) is 11.6. The number of primary sulfonamides is 1. The van der Waals surface area contributed by atoms with Crippen LogP contribution >= 0.6 is 0 Å². The first-order valence-electron chi connectivity index (χ1n) is 9.24. The molecule has 0 saturated carbocycles. The van der Waals surface area contributed by atoms with Crippen LogP contribution in [0, 0.1) is 0 Å². The molecule has 0 radical (unpaired) electrons. The van der Waals surface area contributed by atoms with Gasteiger partial charge in [-0.05, 0) is 29.3 Å². The monoisotopic (exact) mass is 464 g/mol. The van der Waals surface area contributed by atoms with Crippen LogP contribution in [0.4, 0.5) is 18.9 Å². The van der Waals surface area contributed by atoms with Gasteiger partial charge in [0.05, 0.1) is 16.9 Å². The van der Waals surface area contributed by atoms with Gasteiger partial charge in [0.15, 0.2) is 0 Å². The van der Waals surface area contributed by atoms with Gasteiger partial charge < -0.3 is 11.1 Å². The zero-order valence-corrected chi connectivity index (χ0v) is 17.4. The van der Waals surface area contributed by atoms with Gasteiger partial charge in [-0.15, -0.1) is 0 Å². The summed E-state index contributed by atoms with van der Waals surface area (Å²) in [5.41, 5.74) is 6.11. The van der Waals surface area contributed by atoms with Gasteiger partial charge in [0, 0.05) is 35.8 Å². The van der Waals surface area contributed by atoms with E-state index in [1.165, 1.54) is 12.1 Å². The molecule has 5 N–H and O–H groups in total. The van der Waals surface area contributed by atoms with Crippen LogP contribution in [0.25, 0.3) is 11.1 Å². The molecule has 7 nitrogen and oxygen atoms in total. The van der Waals surface area contributed by atoms with Crippen LogP contribution in [0.3, 0.4) is 0 Å². The molecule has 0 aliphatic carbocycles. The second-order valence-corrected chi connectivity index (χ2v) is 8.49. The first kappa shape index (κ1) is 23.4. The number of benzene rings is 2. The molecule has 2 aromatic carbocycles. The Hall–Kier alpha value is -3.28. The first-order valence-corrected chi connectivity index (χ1v) is 10.8. The quantitative estimate of drug-likeness (QED) is 0.517. The number of nitrogens with one attached hydrogen (secondary N) is 1. The van der Waals surface area contributed by atoms with Crippen LogP contribution in [-0.4, -0.2) is 19.3 Å². The number of nitrogens with zero attached hydrogens (tertiary/aromatic N) is 1.